The van der Waals surface area contributed by atoms with Crippen molar-refractivity contribution in [3.8, 4) is 0 Å². The van der Waals surface area contributed by atoms with Crippen LogP contribution in [-0.4, -0.2) is 17.2 Å². The predicted molar refractivity (Wildman–Crippen MR) is 84.3 cm³/mol. The molecule has 0 unspecified atom stereocenters. The minimum atomic E-state index is -1.77. The van der Waals surface area contributed by atoms with E-state index in [1.54, 1.807) is 17.8 Å². The molecule has 1 aliphatic rings. The highest BCUT2D eigenvalue weighted by Gasteiger charge is 2.17. The Morgan fingerprint density at radius 3 is 2.67 bits per heavy atom. The van der Waals surface area contributed by atoms with E-state index in [1.165, 1.54) is 41.0 Å². The Hall–Kier alpha value is -1.30. The molecule has 0 saturated carbocycles. The molecule has 3 rings (SSSR count). The molecule has 0 spiro atoms. The van der Waals surface area contributed by atoms with E-state index in [0.717, 1.165) is 12.0 Å². The first-order valence-corrected chi connectivity index (χ1v) is 8.01. The third-order valence-electron chi connectivity index (χ3n) is 3.81. The van der Waals surface area contributed by atoms with Gasteiger partial charge in [-0.25, -0.2) is 4.39 Å². The van der Waals surface area contributed by atoms with Crippen LogP contribution in [0.2, 0.25) is 0 Å². The van der Waals surface area contributed by atoms with Crippen LogP contribution in [0.1, 0.15) is 23.1 Å². The van der Waals surface area contributed by atoms with Gasteiger partial charge in [-0.3, -0.25) is 0 Å². The third-order valence-corrected chi connectivity index (χ3v) is 4.88. The summed E-state index contributed by atoms with van der Waals surface area (Å²) in [7, 11) is -1.77. The van der Waals surface area contributed by atoms with Gasteiger partial charge < -0.3 is 10.0 Å². The molecule has 0 amide bonds. The van der Waals surface area contributed by atoms with Gasteiger partial charge in [-0.05, 0) is 54.2 Å². The van der Waals surface area contributed by atoms with Crippen LogP contribution in [0.4, 0.5) is 4.39 Å². The van der Waals surface area contributed by atoms with Gasteiger partial charge in [-0.2, -0.15) is 0 Å². The molecule has 2 aromatic rings. The molecule has 0 fully saturated rings. The van der Waals surface area contributed by atoms with Gasteiger partial charge in [0.05, 0.1) is 0 Å². The van der Waals surface area contributed by atoms with E-state index < -0.39 is 12.9 Å². The minimum Gasteiger partial charge on any atom is -0.423 e. The molecular formula is C16H16BFO2S. The van der Waals surface area contributed by atoms with E-state index in [4.69, 9.17) is 10.0 Å². The highest BCUT2D eigenvalue weighted by molar-refractivity contribution is 7.98. The maximum absolute atomic E-state index is 13.4. The number of fused-ring (bicyclic) bond motifs is 1. The van der Waals surface area contributed by atoms with Crippen molar-refractivity contribution in [3.05, 3.63) is 58.9 Å². The van der Waals surface area contributed by atoms with Gasteiger partial charge in [0.25, 0.3) is 0 Å². The second-order valence-corrected chi connectivity index (χ2v) is 6.35. The number of rotatable bonds is 4. The van der Waals surface area contributed by atoms with E-state index in [2.05, 4.69) is 18.2 Å². The molecule has 2 N–H and O–H groups in total. The van der Waals surface area contributed by atoms with Crippen LogP contribution in [-0.2, 0) is 18.6 Å². The van der Waals surface area contributed by atoms with Gasteiger partial charge in [0.1, 0.15) is 5.82 Å². The molecule has 0 atom stereocenters. The fourth-order valence-corrected chi connectivity index (χ4v) is 3.59. The Kier molecular flexibility index (Phi) is 4.33. The van der Waals surface area contributed by atoms with E-state index in [0.29, 0.717) is 5.75 Å². The summed E-state index contributed by atoms with van der Waals surface area (Å²) < 4.78 is 13.4. The van der Waals surface area contributed by atoms with Crippen LogP contribution < -0.4 is 5.46 Å². The van der Waals surface area contributed by atoms with Crippen molar-refractivity contribution in [2.45, 2.75) is 29.9 Å². The molecule has 0 aliphatic heterocycles. The Balaban J connectivity index is 1.71. The Morgan fingerprint density at radius 2 is 1.86 bits per heavy atom. The van der Waals surface area contributed by atoms with Crippen molar-refractivity contribution in [3.63, 3.8) is 0 Å². The number of benzene rings is 2. The van der Waals surface area contributed by atoms with Crippen molar-refractivity contribution in [1.82, 2.24) is 0 Å². The summed E-state index contributed by atoms with van der Waals surface area (Å²) in [6, 6.07) is 11.0. The van der Waals surface area contributed by atoms with Gasteiger partial charge in [0.2, 0.25) is 0 Å². The lowest BCUT2D eigenvalue weighted by molar-refractivity contribution is 0.423. The van der Waals surface area contributed by atoms with Crippen LogP contribution in [0.15, 0.2) is 41.3 Å². The van der Waals surface area contributed by atoms with E-state index >= 15 is 0 Å². The number of halogens is 1. The van der Waals surface area contributed by atoms with Crippen LogP contribution in [0.5, 0.6) is 0 Å². The largest absolute Gasteiger partial charge is 0.491 e. The highest BCUT2D eigenvalue weighted by atomic mass is 32.2. The maximum atomic E-state index is 13.4. The average Bonchev–Trinajstić information content (AvgIpc) is 2.93. The lowest BCUT2D eigenvalue weighted by Gasteiger charge is -2.07. The molecule has 21 heavy (non-hydrogen) atoms. The Bertz CT molecular complexity index is 661. The Morgan fingerprint density at radius 1 is 1.05 bits per heavy atom. The molecular weight excluding hydrogens is 286 g/mol. The lowest BCUT2D eigenvalue weighted by atomic mass is 9.79. The average molecular weight is 302 g/mol. The van der Waals surface area contributed by atoms with Crippen molar-refractivity contribution in [1.29, 1.82) is 0 Å². The predicted octanol–water partition coefficient (Wildman–Crippen LogP) is 2.29. The zero-order valence-corrected chi connectivity index (χ0v) is 12.4. The second kappa shape index (κ2) is 6.22. The summed E-state index contributed by atoms with van der Waals surface area (Å²) >= 11 is 1.68. The SMILES string of the molecule is OB(O)c1cc(CSc2ccc3c(c2)CCC3)ccc1F. The van der Waals surface area contributed by atoms with Crippen LogP contribution >= 0.6 is 11.8 Å². The molecule has 5 heteroatoms. The summed E-state index contributed by atoms with van der Waals surface area (Å²) in [5.41, 5.74) is 3.70. The van der Waals surface area contributed by atoms with Crippen LogP contribution in [0, 0.1) is 5.82 Å². The first-order chi connectivity index (χ1) is 10.1. The fraction of sp³-hybridized carbons (Fsp3) is 0.250. The van der Waals surface area contributed by atoms with E-state index in [9.17, 15) is 4.39 Å². The molecule has 1 aliphatic carbocycles. The monoisotopic (exact) mass is 302 g/mol. The molecule has 0 saturated heterocycles. The zero-order chi connectivity index (χ0) is 14.8. The number of hydrogen-bond acceptors (Lipinski definition) is 3. The maximum Gasteiger partial charge on any atom is 0.491 e. The zero-order valence-electron chi connectivity index (χ0n) is 11.6. The summed E-state index contributed by atoms with van der Waals surface area (Å²) in [5.74, 6) is 0.0926. The van der Waals surface area contributed by atoms with Gasteiger partial charge in [-0.1, -0.05) is 18.2 Å². The molecule has 0 bridgehead atoms. The van der Waals surface area contributed by atoms with E-state index in [-0.39, 0.29) is 5.46 Å². The van der Waals surface area contributed by atoms with Gasteiger partial charge in [0.15, 0.2) is 0 Å². The van der Waals surface area contributed by atoms with Crippen molar-refractivity contribution >= 4 is 24.3 Å². The van der Waals surface area contributed by atoms with Gasteiger partial charge in [-0.15, -0.1) is 11.8 Å². The third kappa shape index (κ3) is 3.31. The highest BCUT2D eigenvalue weighted by Crippen LogP contribution is 2.29. The summed E-state index contributed by atoms with van der Waals surface area (Å²) in [6.45, 7) is 0. The first kappa shape index (κ1) is 14.6. The number of aryl methyl sites for hydroxylation is 2. The van der Waals surface area contributed by atoms with Crippen molar-refractivity contribution in [2.75, 3.05) is 0 Å². The number of hydrogen-bond donors (Lipinski definition) is 2. The standard InChI is InChI=1S/C16H16BFO2S/c18-16-7-4-11(8-15(16)17(19)20)10-21-14-6-5-12-2-1-3-13(12)9-14/h4-9,19-20H,1-3,10H2. The molecule has 0 radical (unpaired) electrons. The first-order valence-electron chi connectivity index (χ1n) is 7.02. The normalized spacial score (nSPS) is 13.3. The minimum absolute atomic E-state index is 0.0675. The summed E-state index contributed by atoms with van der Waals surface area (Å²) in [4.78, 5) is 1.20. The molecule has 0 heterocycles. The van der Waals surface area contributed by atoms with Crippen LogP contribution in [0.25, 0.3) is 0 Å². The van der Waals surface area contributed by atoms with Crippen molar-refractivity contribution in [2.24, 2.45) is 0 Å². The summed E-state index contributed by atoms with van der Waals surface area (Å²) in [5, 5.41) is 18.3. The Labute approximate surface area is 128 Å². The summed E-state index contributed by atoms with van der Waals surface area (Å²) in [6.07, 6.45) is 3.57. The fourth-order valence-electron chi connectivity index (χ4n) is 2.69. The molecule has 108 valence electrons. The molecule has 2 nitrogen and oxygen atoms in total. The number of thioether (sulfide) groups is 1. The van der Waals surface area contributed by atoms with Crippen LogP contribution in [0.3, 0.4) is 0 Å². The second-order valence-electron chi connectivity index (χ2n) is 5.30. The van der Waals surface area contributed by atoms with Crippen molar-refractivity contribution < 1.29 is 14.4 Å². The van der Waals surface area contributed by atoms with Gasteiger partial charge in [0, 0.05) is 16.1 Å². The smallest absolute Gasteiger partial charge is 0.423 e. The quantitative estimate of drug-likeness (QED) is 0.672. The lowest BCUT2D eigenvalue weighted by Crippen LogP contribution is -2.32. The topological polar surface area (TPSA) is 40.5 Å². The molecule has 0 aromatic heterocycles. The van der Waals surface area contributed by atoms with Gasteiger partial charge >= 0.3 is 7.12 Å². The molecule has 2 aromatic carbocycles. The van der Waals surface area contributed by atoms with E-state index in [1.807, 2.05) is 0 Å².